The Kier molecular flexibility index (Phi) is 5.25. The number of methoxy groups -OCH3 is 1. The van der Waals surface area contributed by atoms with Crippen molar-refractivity contribution in [2.24, 2.45) is 0 Å². The number of nitrogens with zero attached hydrogens (tertiary/aromatic N) is 1. The number of benzene rings is 1. The molecule has 2 heterocycles. The Hall–Kier alpha value is -1.50. The standard InChI is InChI=1S/C17H25NO5/c1-3-21-17-11-18(10-13(17)19)9-12-7-15-16(8-14(12)20-2)23-6-4-5-22-15/h7-8,13,17,19H,3-6,9-11H2,1-2H3/t13-,17-/m0/s1. The fraction of sp³-hybridized carbons (Fsp3) is 0.647. The van der Waals surface area contributed by atoms with Gasteiger partial charge >= 0.3 is 0 Å². The second-order valence-electron chi connectivity index (χ2n) is 5.92. The molecule has 0 aliphatic carbocycles. The van der Waals surface area contributed by atoms with Crippen molar-refractivity contribution in [3.05, 3.63) is 17.7 Å². The van der Waals surface area contributed by atoms with Gasteiger partial charge in [-0.15, -0.1) is 0 Å². The summed E-state index contributed by atoms with van der Waals surface area (Å²) in [5.74, 6) is 2.28. The molecule has 0 amide bonds. The van der Waals surface area contributed by atoms with Crippen molar-refractivity contribution < 1.29 is 24.1 Å². The van der Waals surface area contributed by atoms with Gasteiger partial charge in [-0.05, 0) is 13.0 Å². The van der Waals surface area contributed by atoms with Crippen LogP contribution < -0.4 is 14.2 Å². The normalized spacial score (nSPS) is 24.5. The molecule has 1 saturated heterocycles. The van der Waals surface area contributed by atoms with Crippen LogP contribution in [0.3, 0.4) is 0 Å². The molecule has 0 bridgehead atoms. The van der Waals surface area contributed by atoms with E-state index in [1.54, 1.807) is 7.11 Å². The predicted octanol–water partition coefficient (Wildman–Crippen LogP) is 1.44. The lowest BCUT2D eigenvalue weighted by molar-refractivity contribution is -0.00245. The fourth-order valence-corrected chi connectivity index (χ4v) is 3.13. The maximum absolute atomic E-state index is 10.1. The largest absolute Gasteiger partial charge is 0.496 e. The third-order valence-electron chi connectivity index (χ3n) is 4.24. The van der Waals surface area contributed by atoms with Crippen molar-refractivity contribution in [3.8, 4) is 17.2 Å². The van der Waals surface area contributed by atoms with Gasteiger partial charge in [0.05, 0.1) is 32.5 Å². The molecule has 0 saturated carbocycles. The van der Waals surface area contributed by atoms with E-state index < -0.39 is 6.10 Å². The van der Waals surface area contributed by atoms with Gasteiger partial charge in [-0.25, -0.2) is 0 Å². The zero-order valence-corrected chi connectivity index (χ0v) is 13.8. The number of hydrogen-bond donors (Lipinski definition) is 1. The number of hydrogen-bond acceptors (Lipinski definition) is 6. The van der Waals surface area contributed by atoms with Gasteiger partial charge in [0, 0.05) is 44.3 Å². The average molecular weight is 323 g/mol. The Morgan fingerprint density at radius 2 is 1.96 bits per heavy atom. The van der Waals surface area contributed by atoms with Crippen molar-refractivity contribution in [1.82, 2.24) is 4.90 Å². The minimum atomic E-state index is -0.443. The van der Waals surface area contributed by atoms with Gasteiger partial charge < -0.3 is 24.1 Å². The van der Waals surface area contributed by atoms with Crippen LogP contribution in [0.25, 0.3) is 0 Å². The summed E-state index contributed by atoms with van der Waals surface area (Å²) in [6.07, 6.45) is 0.313. The summed E-state index contributed by atoms with van der Waals surface area (Å²) in [5.41, 5.74) is 1.03. The lowest BCUT2D eigenvalue weighted by atomic mass is 10.1. The quantitative estimate of drug-likeness (QED) is 0.885. The number of β-amino-alcohol motifs (C(OH)–C–C–N with tert-alkyl or cyclic N) is 1. The van der Waals surface area contributed by atoms with E-state index in [0.717, 1.165) is 29.2 Å². The van der Waals surface area contributed by atoms with Gasteiger partial charge in [0.1, 0.15) is 5.75 Å². The minimum absolute atomic E-state index is 0.119. The van der Waals surface area contributed by atoms with Crippen LogP contribution in [0.4, 0.5) is 0 Å². The predicted molar refractivity (Wildman–Crippen MR) is 85.3 cm³/mol. The van der Waals surface area contributed by atoms with Gasteiger partial charge in [0.2, 0.25) is 0 Å². The summed E-state index contributed by atoms with van der Waals surface area (Å²) < 4.78 is 22.6. The first-order chi connectivity index (χ1) is 11.2. The number of ether oxygens (including phenoxy) is 4. The van der Waals surface area contributed by atoms with Crippen molar-refractivity contribution in [1.29, 1.82) is 0 Å². The first-order valence-electron chi connectivity index (χ1n) is 8.19. The lowest BCUT2D eigenvalue weighted by Crippen LogP contribution is -2.26. The van der Waals surface area contributed by atoms with Crippen LogP contribution in [0.1, 0.15) is 18.9 Å². The fourth-order valence-electron chi connectivity index (χ4n) is 3.13. The minimum Gasteiger partial charge on any atom is -0.496 e. The number of likely N-dealkylation sites (tertiary alicyclic amines) is 1. The number of rotatable bonds is 5. The molecule has 2 atom stereocenters. The van der Waals surface area contributed by atoms with Gasteiger partial charge in [-0.2, -0.15) is 0 Å². The molecular weight excluding hydrogens is 298 g/mol. The molecule has 1 N–H and O–H groups in total. The van der Waals surface area contributed by atoms with Crippen LogP contribution in [-0.2, 0) is 11.3 Å². The van der Waals surface area contributed by atoms with E-state index in [1.807, 2.05) is 19.1 Å². The van der Waals surface area contributed by atoms with E-state index in [1.165, 1.54) is 0 Å². The molecule has 1 aromatic rings. The zero-order chi connectivity index (χ0) is 16.2. The molecule has 2 aliphatic rings. The lowest BCUT2D eigenvalue weighted by Gasteiger charge is -2.19. The maximum Gasteiger partial charge on any atom is 0.164 e. The van der Waals surface area contributed by atoms with E-state index in [-0.39, 0.29) is 6.10 Å². The van der Waals surface area contributed by atoms with Crippen LogP contribution in [0, 0.1) is 0 Å². The smallest absolute Gasteiger partial charge is 0.164 e. The molecule has 0 radical (unpaired) electrons. The summed E-state index contributed by atoms with van der Waals surface area (Å²) in [5, 5.41) is 10.1. The molecule has 6 heteroatoms. The van der Waals surface area contributed by atoms with Gasteiger partial charge in [0.25, 0.3) is 0 Å². The van der Waals surface area contributed by atoms with Crippen molar-refractivity contribution >= 4 is 0 Å². The first kappa shape index (κ1) is 16.4. The molecule has 1 aromatic carbocycles. The second kappa shape index (κ2) is 7.38. The van der Waals surface area contributed by atoms with Crippen LogP contribution >= 0.6 is 0 Å². The third kappa shape index (κ3) is 3.71. The molecule has 2 aliphatic heterocycles. The molecule has 0 aromatic heterocycles. The summed E-state index contributed by atoms with van der Waals surface area (Å²) in [6.45, 7) is 5.87. The third-order valence-corrected chi connectivity index (χ3v) is 4.24. The van der Waals surface area contributed by atoms with E-state index in [4.69, 9.17) is 18.9 Å². The highest BCUT2D eigenvalue weighted by atomic mass is 16.5. The average Bonchev–Trinajstić information content (AvgIpc) is 2.74. The summed E-state index contributed by atoms with van der Waals surface area (Å²) >= 11 is 0. The SMILES string of the molecule is CCO[C@H]1CN(Cc2cc3c(cc2OC)OCCCO3)C[C@@H]1O. The van der Waals surface area contributed by atoms with Crippen LogP contribution in [-0.4, -0.2) is 62.2 Å². The summed E-state index contributed by atoms with van der Waals surface area (Å²) in [6, 6.07) is 3.88. The molecule has 1 fully saturated rings. The van der Waals surface area contributed by atoms with Crippen molar-refractivity contribution in [3.63, 3.8) is 0 Å². The molecule has 3 rings (SSSR count). The van der Waals surface area contributed by atoms with Crippen LogP contribution in [0.15, 0.2) is 12.1 Å². The number of aliphatic hydroxyl groups is 1. The molecular formula is C17H25NO5. The number of fused-ring (bicyclic) bond motifs is 1. The Balaban J connectivity index is 1.76. The molecule has 6 nitrogen and oxygen atoms in total. The molecule has 0 spiro atoms. The highest BCUT2D eigenvalue weighted by Gasteiger charge is 2.32. The zero-order valence-electron chi connectivity index (χ0n) is 13.8. The van der Waals surface area contributed by atoms with Crippen LogP contribution in [0.2, 0.25) is 0 Å². The highest BCUT2D eigenvalue weighted by Crippen LogP contribution is 2.37. The van der Waals surface area contributed by atoms with E-state index in [9.17, 15) is 5.11 Å². The first-order valence-corrected chi connectivity index (χ1v) is 8.19. The Morgan fingerprint density at radius 3 is 2.65 bits per heavy atom. The second-order valence-corrected chi connectivity index (χ2v) is 5.92. The Labute approximate surface area is 136 Å². The van der Waals surface area contributed by atoms with Crippen molar-refractivity contribution in [2.75, 3.05) is 40.0 Å². The van der Waals surface area contributed by atoms with E-state index >= 15 is 0 Å². The highest BCUT2D eigenvalue weighted by molar-refractivity contribution is 5.51. The summed E-state index contributed by atoms with van der Waals surface area (Å²) in [7, 11) is 1.66. The Bertz CT molecular complexity index is 536. The number of aliphatic hydroxyl groups excluding tert-OH is 1. The molecule has 128 valence electrons. The van der Waals surface area contributed by atoms with Crippen LogP contribution in [0.5, 0.6) is 17.2 Å². The van der Waals surface area contributed by atoms with E-state index in [2.05, 4.69) is 4.90 Å². The monoisotopic (exact) mass is 323 g/mol. The topological polar surface area (TPSA) is 60.4 Å². The van der Waals surface area contributed by atoms with E-state index in [0.29, 0.717) is 39.5 Å². The molecule has 23 heavy (non-hydrogen) atoms. The van der Waals surface area contributed by atoms with Gasteiger partial charge in [-0.1, -0.05) is 0 Å². The molecule has 0 unspecified atom stereocenters. The van der Waals surface area contributed by atoms with Gasteiger partial charge in [-0.3, -0.25) is 4.90 Å². The Morgan fingerprint density at radius 1 is 1.22 bits per heavy atom. The summed E-state index contributed by atoms with van der Waals surface area (Å²) in [4.78, 5) is 2.17. The maximum atomic E-state index is 10.1. The van der Waals surface area contributed by atoms with Gasteiger partial charge in [0.15, 0.2) is 11.5 Å². The van der Waals surface area contributed by atoms with Crippen molar-refractivity contribution in [2.45, 2.75) is 32.1 Å².